The molecule has 4 amide bonds. The summed E-state index contributed by atoms with van der Waals surface area (Å²) >= 11 is 0. The average Bonchev–Trinajstić information content (AvgIpc) is 3.97. The molecule has 58 heavy (non-hydrogen) atoms. The van der Waals surface area contributed by atoms with Crippen molar-refractivity contribution < 1.29 is 57.9 Å². The van der Waals surface area contributed by atoms with Gasteiger partial charge in [-0.3, -0.25) is 14.4 Å². The lowest BCUT2D eigenvalue weighted by atomic mass is 10.1. The number of esters is 1. The third-order valence-electron chi connectivity index (χ3n) is 9.33. The Bertz CT molecular complexity index is 2290. The van der Waals surface area contributed by atoms with E-state index < -0.39 is 36.2 Å². The van der Waals surface area contributed by atoms with Crippen molar-refractivity contribution in [1.29, 1.82) is 0 Å². The zero-order valence-corrected chi connectivity index (χ0v) is 32.0. The Hall–Kier alpha value is -7.16. The maximum absolute atomic E-state index is 13.6. The average molecular weight is 804 g/mol. The Labute approximate surface area is 330 Å². The SMILES string of the molecule is C=CCOC(=O)N1c2cc(OCCCC(=O)Nc3cc(C(=O)Nc4cn(C)c(C(=O)Oc5cn(C)c(C(=O)O)n5)n4)n(C)c3)c(OC)cc2C(=O)N2CCC[C@H]2C1O. The number of fused-ring (bicyclic) bond motifs is 2. The van der Waals surface area contributed by atoms with E-state index in [4.69, 9.17) is 18.9 Å². The predicted octanol–water partition coefficient (Wildman–Crippen LogP) is 2.53. The van der Waals surface area contributed by atoms with Gasteiger partial charge in [0.15, 0.2) is 23.5 Å². The Balaban J connectivity index is 1.05. The number of aliphatic hydroxyl groups is 1. The van der Waals surface area contributed by atoms with Crippen LogP contribution in [0.1, 0.15) is 67.8 Å². The van der Waals surface area contributed by atoms with Crippen molar-refractivity contribution in [2.45, 2.75) is 38.0 Å². The zero-order valence-electron chi connectivity index (χ0n) is 32.0. The molecule has 1 aromatic carbocycles. The van der Waals surface area contributed by atoms with Crippen LogP contribution < -0.4 is 29.7 Å². The largest absolute Gasteiger partial charge is 0.493 e. The smallest absolute Gasteiger partial charge is 0.416 e. The highest BCUT2D eigenvalue weighted by molar-refractivity contribution is 6.06. The molecule has 6 rings (SSSR count). The summed E-state index contributed by atoms with van der Waals surface area (Å²) in [6.07, 6.45) is 4.69. The molecule has 21 nitrogen and oxygen atoms in total. The fourth-order valence-corrected chi connectivity index (χ4v) is 6.64. The Kier molecular flexibility index (Phi) is 11.8. The number of aromatic nitrogens is 5. The molecule has 2 aliphatic rings. The second kappa shape index (κ2) is 16.9. The molecular formula is C37H41N9O12. The van der Waals surface area contributed by atoms with E-state index in [-0.39, 0.29) is 89.7 Å². The van der Waals surface area contributed by atoms with Gasteiger partial charge >= 0.3 is 18.0 Å². The summed E-state index contributed by atoms with van der Waals surface area (Å²) in [4.78, 5) is 87.2. The van der Waals surface area contributed by atoms with E-state index in [1.54, 1.807) is 7.05 Å². The molecule has 0 aliphatic carbocycles. The van der Waals surface area contributed by atoms with Crippen molar-refractivity contribution >= 4 is 52.9 Å². The second-order valence-corrected chi connectivity index (χ2v) is 13.3. The number of nitrogens with one attached hydrogen (secondary N) is 2. The number of benzene rings is 1. The Morgan fingerprint density at radius 3 is 2.45 bits per heavy atom. The van der Waals surface area contributed by atoms with Crippen LogP contribution >= 0.6 is 0 Å². The number of anilines is 3. The fraction of sp³-hybridized carbons (Fsp3) is 0.351. The van der Waals surface area contributed by atoms with Crippen LogP contribution in [0.4, 0.5) is 22.0 Å². The van der Waals surface area contributed by atoms with Crippen LogP contribution in [0.5, 0.6) is 17.4 Å². The van der Waals surface area contributed by atoms with Crippen molar-refractivity contribution in [3.8, 4) is 17.4 Å². The number of aryl methyl sites for hydroxylation is 3. The standard InChI is InChI=1S/C37H41N9O12/c1-6-12-57-37(54)46-23-16-26(25(55-5)15-21(23)33(49)45-11-7-9-22(45)34(46)50)56-13-8-10-28(47)38-20-14-24(42(2)17-20)32(48)40-27-18-43(3)31(39-27)36(53)58-29-19-44(4)30(41-29)35(51)52/h6,14-19,22,34,50H,1,7-13H2,2-5H3,(H,38,47)(H,40,48)(H,51,52)/t22-,34?/m0/s1. The van der Waals surface area contributed by atoms with Crippen LogP contribution in [-0.2, 0) is 30.7 Å². The van der Waals surface area contributed by atoms with E-state index in [2.05, 4.69) is 27.2 Å². The summed E-state index contributed by atoms with van der Waals surface area (Å²) in [6, 6.07) is 3.70. The van der Waals surface area contributed by atoms with Gasteiger partial charge in [0.1, 0.15) is 12.3 Å². The second-order valence-electron chi connectivity index (χ2n) is 13.3. The van der Waals surface area contributed by atoms with Crippen LogP contribution in [0.15, 0.2) is 49.4 Å². The molecule has 1 fully saturated rings. The maximum atomic E-state index is 13.6. The molecule has 2 aliphatic heterocycles. The van der Waals surface area contributed by atoms with Crippen LogP contribution in [0, 0.1) is 0 Å². The number of nitrogens with zero attached hydrogens (tertiary/aromatic N) is 7. The molecule has 0 saturated carbocycles. The number of amides is 4. The van der Waals surface area contributed by atoms with Crippen molar-refractivity contribution in [3.63, 3.8) is 0 Å². The minimum absolute atomic E-state index is 0.0143. The Morgan fingerprint density at radius 1 is 0.983 bits per heavy atom. The van der Waals surface area contributed by atoms with E-state index in [1.165, 1.54) is 82.7 Å². The quantitative estimate of drug-likeness (QED) is 0.0813. The minimum atomic E-state index is -1.38. The number of hydrogen-bond acceptors (Lipinski definition) is 13. The molecule has 0 radical (unpaired) electrons. The lowest BCUT2D eigenvalue weighted by Crippen LogP contribution is -2.50. The summed E-state index contributed by atoms with van der Waals surface area (Å²) < 4.78 is 25.9. The van der Waals surface area contributed by atoms with Gasteiger partial charge in [-0.25, -0.2) is 24.3 Å². The number of aliphatic hydroxyl groups excluding tert-OH is 1. The first kappa shape index (κ1) is 40.5. The molecule has 1 unspecified atom stereocenters. The number of hydrogen-bond donors (Lipinski definition) is 4. The first-order valence-electron chi connectivity index (χ1n) is 17.9. The summed E-state index contributed by atoms with van der Waals surface area (Å²) in [5, 5.41) is 25.8. The molecule has 306 valence electrons. The minimum Gasteiger partial charge on any atom is -0.493 e. The van der Waals surface area contributed by atoms with Gasteiger partial charge in [-0.1, -0.05) is 12.7 Å². The molecule has 3 aromatic heterocycles. The number of methoxy groups -OCH3 is 1. The van der Waals surface area contributed by atoms with Gasteiger partial charge in [-0.2, -0.15) is 4.98 Å². The number of carbonyl (C=O) groups is 6. The molecule has 21 heteroatoms. The summed E-state index contributed by atoms with van der Waals surface area (Å²) in [5.41, 5.74) is 0.704. The van der Waals surface area contributed by atoms with Gasteiger partial charge in [-0.15, -0.1) is 0 Å². The highest BCUT2D eigenvalue weighted by Crippen LogP contribution is 2.41. The summed E-state index contributed by atoms with van der Waals surface area (Å²) in [7, 11) is 5.93. The van der Waals surface area contributed by atoms with Crippen LogP contribution in [0.3, 0.4) is 0 Å². The molecule has 0 spiro atoms. The van der Waals surface area contributed by atoms with Gasteiger partial charge in [0.2, 0.25) is 23.4 Å². The van der Waals surface area contributed by atoms with Gasteiger partial charge in [0.05, 0.1) is 42.9 Å². The molecular weight excluding hydrogens is 762 g/mol. The van der Waals surface area contributed by atoms with Crippen molar-refractivity contribution in [2.75, 3.05) is 42.4 Å². The first-order valence-corrected chi connectivity index (χ1v) is 17.9. The van der Waals surface area contributed by atoms with E-state index in [1.807, 2.05) is 0 Å². The van der Waals surface area contributed by atoms with Crippen LogP contribution in [0.2, 0.25) is 0 Å². The predicted molar refractivity (Wildman–Crippen MR) is 202 cm³/mol. The topological polar surface area (TPSA) is 251 Å². The monoisotopic (exact) mass is 803 g/mol. The number of ether oxygens (including phenoxy) is 4. The van der Waals surface area contributed by atoms with Crippen molar-refractivity contribution in [3.05, 3.63) is 72.4 Å². The summed E-state index contributed by atoms with van der Waals surface area (Å²) in [5.74, 6) is -3.95. The third kappa shape index (κ3) is 8.33. The van der Waals surface area contributed by atoms with Crippen LogP contribution in [-0.4, -0.2) is 114 Å². The number of imidazole rings is 2. The highest BCUT2D eigenvalue weighted by Gasteiger charge is 2.45. The molecule has 1 saturated heterocycles. The van der Waals surface area contributed by atoms with E-state index in [0.717, 1.165) is 4.90 Å². The lowest BCUT2D eigenvalue weighted by Gasteiger charge is -2.31. The first-order chi connectivity index (χ1) is 27.7. The van der Waals surface area contributed by atoms with E-state index >= 15 is 0 Å². The molecule has 2 atom stereocenters. The van der Waals surface area contributed by atoms with E-state index in [0.29, 0.717) is 25.1 Å². The van der Waals surface area contributed by atoms with E-state index in [9.17, 15) is 39.0 Å². The number of carboxylic acid groups (broad SMARTS) is 1. The highest BCUT2D eigenvalue weighted by atomic mass is 16.6. The number of aromatic carboxylic acids is 1. The maximum Gasteiger partial charge on any atom is 0.416 e. The molecule has 5 heterocycles. The molecule has 0 bridgehead atoms. The lowest BCUT2D eigenvalue weighted by molar-refractivity contribution is -0.116. The fourth-order valence-electron chi connectivity index (χ4n) is 6.64. The van der Waals surface area contributed by atoms with Gasteiger partial charge in [-0.05, 0) is 31.4 Å². The Morgan fingerprint density at radius 2 is 1.74 bits per heavy atom. The molecule has 4 aromatic rings. The van der Waals surface area contributed by atoms with Gasteiger partial charge in [0.25, 0.3) is 11.8 Å². The van der Waals surface area contributed by atoms with Crippen molar-refractivity contribution in [1.82, 2.24) is 28.6 Å². The van der Waals surface area contributed by atoms with Gasteiger partial charge in [0, 0.05) is 52.6 Å². The third-order valence-corrected chi connectivity index (χ3v) is 9.33. The van der Waals surface area contributed by atoms with Crippen molar-refractivity contribution in [2.24, 2.45) is 21.1 Å². The number of carboxylic acids is 1. The zero-order chi connectivity index (χ0) is 41.8. The number of carbonyl (C=O) groups excluding carboxylic acids is 5. The van der Waals surface area contributed by atoms with Gasteiger partial charge < -0.3 is 58.4 Å². The number of rotatable bonds is 14. The molecule has 4 N–H and O–H groups in total. The van der Waals surface area contributed by atoms with Crippen LogP contribution in [0.25, 0.3) is 0 Å². The summed E-state index contributed by atoms with van der Waals surface area (Å²) in [6.45, 7) is 3.89. The normalized spacial score (nSPS) is 15.8.